The monoisotopic (exact) mass is 212 g/mol. The van der Waals surface area contributed by atoms with Crippen molar-refractivity contribution in [1.82, 2.24) is 0 Å². The van der Waals surface area contributed by atoms with Crippen LogP contribution in [-0.4, -0.2) is 14.7 Å². The van der Waals surface area contributed by atoms with Crippen molar-refractivity contribution >= 4 is 9.84 Å². The minimum Gasteiger partial charge on any atom is -0.326 e. The molecule has 0 aliphatic carbocycles. The quantitative estimate of drug-likeness (QED) is 0.810. The average molecular weight is 212 g/mol. The fraction of sp³-hybridized carbons (Fsp3) is 0.400. The maximum atomic E-state index is 11.3. The summed E-state index contributed by atoms with van der Waals surface area (Å²) in [6, 6.07) is 6.29. The molecule has 0 saturated heterocycles. The van der Waals surface area contributed by atoms with Crippen molar-refractivity contribution in [2.45, 2.75) is 24.8 Å². The van der Waals surface area contributed by atoms with Crippen LogP contribution in [0.4, 0.5) is 0 Å². The average Bonchev–Trinajstić information content (AvgIpc) is 2.15. The van der Waals surface area contributed by atoms with Gasteiger partial charge in [0.1, 0.15) is 0 Å². The van der Waals surface area contributed by atoms with Gasteiger partial charge in [-0.3, -0.25) is 0 Å². The number of hydrogen-bond donors (Lipinski definition) is 1. The van der Waals surface area contributed by atoms with Crippen molar-refractivity contribution in [3.05, 3.63) is 29.3 Å². The molecule has 0 amide bonds. The molecule has 0 aliphatic rings. The number of nitrogens with two attached hydrogens (primary N) is 1. The van der Waals surface area contributed by atoms with Gasteiger partial charge in [0.05, 0.1) is 4.90 Å². The Morgan fingerprint density at radius 3 is 2.36 bits per heavy atom. The molecule has 0 unspecified atom stereocenters. The molecule has 2 N–H and O–H groups in total. The number of benzene rings is 1. The lowest BCUT2D eigenvalue weighted by molar-refractivity contribution is 0.601. The Bertz CT molecular complexity index is 401. The van der Waals surface area contributed by atoms with Crippen molar-refractivity contribution in [2.24, 2.45) is 5.73 Å². The van der Waals surface area contributed by atoms with E-state index in [9.17, 15) is 8.42 Å². The van der Waals surface area contributed by atoms with Crippen LogP contribution in [0.3, 0.4) is 0 Å². The first-order chi connectivity index (χ1) is 6.47. The summed E-state index contributed by atoms with van der Waals surface area (Å²) in [5, 5.41) is 0. The highest BCUT2D eigenvalue weighted by molar-refractivity contribution is 7.90. The first-order valence-corrected chi connectivity index (χ1v) is 6.31. The molecule has 1 aromatic carbocycles. The summed E-state index contributed by atoms with van der Waals surface area (Å²) in [6.45, 7) is 2.27. The lowest BCUT2D eigenvalue weighted by atomic mass is 10.1. The van der Waals surface area contributed by atoms with E-state index < -0.39 is 9.84 Å². The molecule has 4 heteroatoms. The molecule has 0 spiro atoms. The minimum atomic E-state index is -3.14. The van der Waals surface area contributed by atoms with Gasteiger partial charge in [0.25, 0.3) is 0 Å². The summed E-state index contributed by atoms with van der Waals surface area (Å²) < 4.78 is 22.6. The number of sulfone groups is 1. The molecule has 0 fully saturated rings. The van der Waals surface area contributed by atoms with E-state index in [1.54, 1.807) is 12.1 Å². The van der Waals surface area contributed by atoms with Gasteiger partial charge >= 0.3 is 0 Å². The Hall–Kier alpha value is -0.870. The van der Waals surface area contributed by atoms with E-state index in [1.165, 1.54) is 6.26 Å². The minimum absolute atomic E-state index is 0.316. The molecule has 0 heterocycles. The molecule has 1 rings (SSSR count). The van der Waals surface area contributed by atoms with Gasteiger partial charge in [-0.1, -0.05) is 6.92 Å². The largest absolute Gasteiger partial charge is 0.326 e. The zero-order chi connectivity index (χ0) is 10.8. The van der Waals surface area contributed by atoms with Gasteiger partial charge in [-0.05, 0) is 35.7 Å². The summed E-state index contributed by atoms with van der Waals surface area (Å²) in [7, 11) is -3.14. The lowest BCUT2D eigenvalue weighted by Gasteiger charge is -2.05. The molecular weight excluding hydrogens is 198 g/mol. The Morgan fingerprint density at radius 1 is 1.36 bits per heavy atom. The number of rotatable bonds is 3. The predicted octanol–water partition coefficient (Wildman–Crippen LogP) is 0.911. The smallest absolute Gasteiger partial charge is 0.175 e. The molecule has 0 atom stereocenters. The maximum Gasteiger partial charge on any atom is 0.175 e. The fourth-order valence-corrected chi connectivity index (χ4v) is 1.89. The van der Waals surface area contributed by atoms with E-state index in [0.717, 1.165) is 17.5 Å². The highest BCUT2D eigenvalue weighted by atomic mass is 32.2. The summed E-state index contributed by atoms with van der Waals surface area (Å²) in [5.74, 6) is 0. The van der Waals surface area contributed by atoms with Crippen LogP contribution in [0.25, 0.3) is 0 Å². The van der Waals surface area contributed by atoms with Crippen molar-refractivity contribution in [2.75, 3.05) is 6.26 Å². The van der Waals surface area contributed by atoms with E-state index in [-0.39, 0.29) is 0 Å². The van der Waals surface area contributed by atoms with Crippen LogP contribution >= 0.6 is 0 Å². The van der Waals surface area contributed by atoms with Crippen molar-refractivity contribution < 1.29 is 8.42 Å². The van der Waals surface area contributed by atoms with E-state index in [2.05, 4.69) is 6.07 Å². The zero-order valence-corrected chi connectivity index (χ0v) is 9.19. The second-order valence-electron chi connectivity index (χ2n) is 3.20. The fourth-order valence-electron chi connectivity index (χ4n) is 1.18. The van der Waals surface area contributed by atoms with Crippen LogP contribution < -0.4 is 5.73 Å². The summed E-state index contributed by atoms with van der Waals surface area (Å²) in [6.07, 6.45) is 1.96. The van der Waals surface area contributed by atoms with Gasteiger partial charge in [-0.2, -0.15) is 0 Å². The van der Waals surface area contributed by atoms with Gasteiger partial charge in [-0.15, -0.1) is 0 Å². The van der Waals surface area contributed by atoms with E-state index in [0.29, 0.717) is 11.4 Å². The molecule has 0 bridgehead atoms. The first-order valence-electron chi connectivity index (χ1n) is 4.42. The van der Waals surface area contributed by atoms with Gasteiger partial charge in [0, 0.05) is 12.8 Å². The third kappa shape index (κ3) is 2.56. The normalized spacial score (nSPS) is 11.6. The molecule has 0 saturated carbocycles. The van der Waals surface area contributed by atoms with Crippen LogP contribution in [-0.2, 0) is 22.8 Å². The van der Waals surface area contributed by atoms with Gasteiger partial charge < -0.3 is 5.73 Å². The Labute approximate surface area is 84.9 Å². The highest BCUT2D eigenvalue weighted by Crippen LogP contribution is 2.14. The molecule has 0 aromatic heterocycles. The van der Waals surface area contributed by atoms with E-state index in [1.807, 2.05) is 6.92 Å². The van der Waals surface area contributed by atoms with E-state index >= 15 is 0 Å². The van der Waals surface area contributed by atoms with Gasteiger partial charge in [0.15, 0.2) is 9.84 Å². The SMILES string of the molecule is CCc1[c]c(CN)cc(S(C)(=O)=O)c1. The third-order valence-electron chi connectivity index (χ3n) is 1.98. The number of hydrogen-bond acceptors (Lipinski definition) is 3. The highest BCUT2D eigenvalue weighted by Gasteiger charge is 2.09. The molecule has 0 aliphatic heterocycles. The number of aryl methyl sites for hydroxylation is 1. The summed E-state index contributed by atoms with van der Waals surface area (Å²) >= 11 is 0. The van der Waals surface area contributed by atoms with Crippen LogP contribution in [0, 0.1) is 6.07 Å². The third-order valence-corrected chi connectivity index (χ3v) is 3.08. The van der Waals surface area contributed by atoms with Crippen molar-refractivity contribution in [3.63, 3.8) is 0 Å². The summed E-state index contributed by atoms with van der Waals surface area (Å²) in [5.41, 5.74) is 7.08. The summed E-state index contributed by atoms with van der Waals surface area (Å²) in [4.78, 5) is 0.327. The zero-order valence-electron chi connectivity index (χ0n) is 8.37. The van der Waals surface area contributed by atoms with E-state index in [4.69, 9.17) is 5.73 Å². The molecule has 1 radical (unpaired) electrons. The van der Waals surface area contributed by atoms with Crippen LogP contribution in [0.1, 0.15) is 18.1 Å². The predicted molar refractivity (Wildman–Crippen MR) is 55.7 cm³/mol. The standard InChI is InChI=1S/C10H14NO2S/c1-3-8-4-9(7-11)6-10(5-8)14(2,12)13/h5-6H,3,7,11H2,1-2H3. The second-order valence-corrected chi connectivity index (χ2v) is 5.21. The molecule has 1 aromatic rings. The van der Waals surface area contributed by atoms with Gasteiger partial charge in [-0.25, -0.2) is 8.42 Å². The van der Waals surface area contributed by atoms with Crippen LogP contribution in [0.15, 0.2) is 17.0 Å². The topological polar surface area (TPSA) is 60.2 Å². The molecule has 14 heavy (non-hydrogen) atoms. The Kier molecular flexibility index (Phi) is 3.29. The molecule has 77 valence electrons. The first kappa shape index (κ1) is 11.2. The molecular formula is C10H14NO2S. The van der Waals surface area contributed by atoms with Crippen LogP contribution in [0.5, 0.6) is 0 Å². The van der Waals surface area contributed by atoms with Gasteiger partial charge in [0.2, 0.25) is 0 Å². The second kappa shape index (κ2) is 4.11. The maximum absolute atomic E-state index is 11.3. The van der Waals surface area contributed by atoms with Crippen LogP contribution in [0.2, 0.25) is 0 Å². The van der Waals surface area contributed by atoms with Crippen molar-refractivity contribution in [3.8, 4) is 0 Å². The van der Waals surface area contributed by atoms with Crippen molar-refractivity contribution in [1.29, 1.82) is 0 Å². The Balaban J connectivity index is 3.32. The Morgan fingerprint density at radius 2 is 1.93 bits per heavy atom. The lowest BCUT2D eigenvalue weighted by Crippen LogP contribution is -2.03. The molecule has 3 nitrogen and oxygen atoms in total.